The van der Waals surface area contributed by atoms with E-state index < -0.39 is 61.1 Å². The van der Waals surface area contributed by atoms with E-state index in [4.69, 9.17) is 14.6 Å². The van der Waals surface area contributed by atoms with E-state index in [-0.39, 0.29) is 6.42 Å². The molecule has 12 heteroatoms. The van der Waals surface area contributed by atoms with Crippen molar-refractivity contribution in [1.82, 2.24) is 10.7 Å². The third-order valence-electron chi connectivity index (χ3n) is 4.49. The van der Waals surface area contributed by atoms with Crippen LogP contribution in [0.5, 0.6) is 0 Å². The minimum absolute atomic E-state index is 0.0138. The molecule has 0 bridgehead atoms. The summed E-state index contributed by atoms with van der Waals surface area (Å²) in [5.74, 6) is -4.33. The number of aliphatic carboxylic acids is 1. The molecule has 7 N–H and O–H groups in total. The van der Waals surface area contributed by atoms with Gasteiger partial charge in [0.05, 0.1) is 18.8 Å². The fourth-order valence-corrected chi connectivity index (χ4v) is 2.91. The Balaban J connectivity index is 3.01. The summed E-state index contributed by atoms with van der Waals surface area (Å²) >= 11 is 0. The summed E-state index contributed by atoms with van der Waals surface area (Å²) in [7, 11) is 2.66. The molecule has 0 aromatic rings. The Morgan fingerprint density at radius 2 is 2.00 bits per heavy atom. The number of carboxylic acids is 1. The average molecular weight is 407 g/mol. The largest absolute Gasteiger partial charge is 0.477 e. The number of hydrogen-bond donors (Lipinski definition) is 7. The first-order valence-electron chi connectivity index (χ1n) is 8.72. The minimum Gasteiger partial charge on any atom is -0.477 e. The van der Waals surface area contributed by atoms with Gasteiger partial charge < -0.3 is 45.7 Å². The van der Waals surface area contributed by atoms with E-state index in [1.54, 1.807) is 14.0 Å². The molecular formula is C16H29N3O9. The van der Waals surface area contributed by atoms with Crippen molar-refractivity contribution < 1.29 is 44.6 Å². The van der Waals surface area contributed by atoms with Crippen LogP contribution in [-0.4, -0.2) is 100 Å². The fraction of sp³-hybridized carbons (Fsp3) is 0.812. The average Bonchev–Trinajstić information content (AvgIpc) is 2.66. The number of methoxy groups -OCH3 is 1. The zero-order valence-electron chi connectivity index (χ0n) is 16.0. The number of ether oxygens (including phenoxy) is 2. The lowest BCUT2D eigenvalue weighted by Gasteiger charge is -2.46. The highest BCUT2D eigenvalue weighted by atomic mass is 16.7. The lowest BCUT2D eigenvalue weighted by atomic mass is 9.88. The van der Waals surface area contributed by atoms with Gasteiger partial charge in [0, 0.05) is 32.7 Å². The summed E-state index contributed by atoms with van der Waals surface area (Å²) in [6.07, 6.45) is -6.71. The van der Waals surface area contributed by atoms with Gasteiger partial charge in [-0.1, -0.05) is 0 Å². The Kier molecular flexibility index (Phi) is 9.20. The Labute approximate surface area is 162 Å². The molecule has 0 aromatic heterocycles. The predicted molar refractivity (Wildman–Crippen MR) is 95.3 cm³/mol. The van der Waals surface area contributed by atoms with Gasteiger partial charge in [-0.15, -0.1) is 0 Å². The molecule has 1 aliphatic heterocycles. The monoisotopic (exact) mass is 407 g/mol. The standard InChI is InChI=1S/C16H29N3O9/c1-8(19-17-2)4-5-11(23)18-12-9(21)6-16(27-3,15(25)26)28-14(12)13(24)10(22)7-20/h9-10,12-14,17,20-22,24H,4-7H2,1-3H3,(H,18,23)(H,25,26)/b19-8+/t9-,10+,12+,13+,14?,16+/m0/s1. The molecule has 162 valence electrons. The third kappa shape index (κ3) is 5.83. The fourth-order valence-electron chi connectivity index (χ4n) is 2.91. The van der Waals surface area contributed by atoms with Crippen molar-refractivity contribution in [2.45, 2.75) is 62.4 Å². The smallest absolute Gasteiger partial charge is 0.364 e. The van der Waals surface area contributed by atoms with E-state index in [9.17, 15) is 30.0 Å². The summed E-state index contributed by atoms with van der Waals surface area (Å²) in [6, 6.07) is -1.24. The molecule has 6 atom stereocenters. The molecule has 1 heterocycles. The van der Waals surface area contributed by atoms with Crippen LogP contribution in [0, 0.1) is 0 Å². The van der Waals surface area contributed by atoms with E-state index in [1.807, 2.05) is 0 Å². The topological polar surface area (TPSA) is 190 Å². The number of aliphatic hydroxyl groups is 4. The van der Waals surface area contributed by atoms with Gasteiger partial charge in [0.2, 0.25) is 5.91 Å². The van der Waals surface area contributed by atoms with E-state index in [1.165, 1.54) is 0 Å². The van der Waals surface area contributed by atoms with Gasteiger partial charge in [-0.25, -0.2) is 4.79 Å². The first-order valence-corrected chi connectivity index (χ1v) is 8.72. The second-order valence-corrected chi connectivity index (χ2v) is 6.52. The third-order valence-corrected chi connectivity index (χ3v) is 4.49. The number of carbonyl (C=O) groups excluding carboxylic acids is 1. The molecule has 0 saturated carbocycles. The maximum atomic E-state index is 12.2. The Morgan fingerprint density at radius 3 is 2.50 bits per heavy atom. The van der Waals surface area contributed by atoms with Crippen LogP contribution in [0.25, 0.3) is 0 Å². The Hall–Kier alpha value is -1.83. The predicted octanol–water partition coefficient (Wildman–Crippen LogP) is -2.86. The molecule has 1 fully saturated rings. The quantitative estimate of drug-likeness (QED) is 0.146. The van der Waals surface area contributed by atoms with Gasteiger partial charge in [0.1, 0.15) is 18.3 Å². The first kappa shape index (κ1) is 24.2. The summed E-state index contributed by atoms with van der Waals surface area (Å²) in [5, 5.41) is 55.3. The zero-order valence-corrected chi connectivity index (χ0v) is 16.0. The minimum atomic E-state index is -2.28. The molecule has 0 spiro atoms. The van der Waals surface area contributed by atoms with Crippen molar-refractivity contribution in [3.8, 4) is 0 Å². The van der Waals surface area contributed by atoms with Crippen LogP contribution in [0.3, 0.4) is 0 Å². The molecule has 1 amide bonds. The summed E-state index contributed by atoms with van der Waals surface area (Å²) < 4.78 is 10.3. The lowest BCUT2D eigenvalue weighted by Crippen LogP contribution is -2.67. The number of nitrogens with zero attached hydrogens (tertiary/aromatic N) is 1. The van der Waals surface area contributed by atoms with E-state index in [0.29, 0.717) is 12.1 Å². The van der Waals surface area contributed by atoms with Crippen molar-refractivity contribution in [2.75, 3.05) is 20.8 Å². The van der Waals surface area contributed by atoms with Crippen LogP contribution in [-0.2, 0) is 19.1 Å². The number of hydrogen-bond acceptors (Lipinski definition) is 10. The highest BCUT2D eigenvalue weighted by Crippen LogP contribution is 2.33. The van der Waals surface area contributed by atoms with Gasteiger partial charge in [-0.2, -0.15) is 5.10 Å². The number of amides is 1. The van der Waals surface area contributed by atoms with Crippen LogP contribution in [0.4, 0.5) is 0 Å². The molecule has 0 aliphatic carbocycles. The highest BCUT2D eigenvalue weighted by molar-refractivity contribution is 5.87. The molecule has 1 unspecified atom stereocenters. The van der Waals surface area contributed by atoms with Crippen molar-refractivity contribution in [3.63, 3.8) is 0 Å². The summed E-state index contributed by atoms with van der Waals surface area (Å²) in [4.78, 5) is 23.8. The van der Waals surface area contributed by atoms with Crippen LogP contribution in [0.15, 0.2) is 5.10 Å². The highest BCUT2D eigenvalue weighted by Gasteiger charge is 2.55. The van der Waals surface area contributed by atoms with Crippen molar-refractivity contribution in [2.24, 2.45) is 5.10 Å². The van der Waals surface area contributed by atoms with Gasteiger partial charge in [-0.3, -0.25) is 4.79 Å². The second kappa shape index (κ2) is 10.6. The van der Waals surface area contributed by atoms with Gasteiger partial charge >= 0.3 is 5.97 Å². The molecule has 28 heavy (non-hydrogen) atoms. The van der Waals surface area contributed by atoms with Gasteiger partial charge in [-0.05, 0) is 13.3 Å². The maximum absolute atomic E-state index is 12.2. The molecule has 0 aromatic carbocycles. The lowest BCUT2D eigenvalue weighted by molar-refractivity contribution is -0.303. The van der Waals surface area contributed by atoms with Crippen molar-refractivity contribution in [1.29, 1.82) is 0 Å². The number of carbonyl (C=O) groups is 2. The number of aliphatic hydroxyl groups excluding tert-OH is 4. The Bertz CT molecular complexity index is 574. The van der Waals surface area contributed by atoms with Crippen LogP contribution >= 0.6 is 0 Å². The number of nitrogens with one attached hydrogen (secondary N) is 2. The maximum Gasteiger partial charge on any atom is 0.364 e. The van der Waals surface area contributed by atoms with Crippen LogP contribution < -0.4 is 10.7 Å². The molecule has 1 aliphatic rings. The summed E-state index contributed by atoms with van der Waals surface area (Å²) in [6.45, 7) is 0.872. The SMILES string of the molecule is CN/N=C(\C)CCC(=O)N[C@H]1C([C@H](O)[C@H](O)CO)O[C@@](OC)(C(=O)O)C[C@@H]1O. The van der Waals surface area contributed by atoms with Crippen LogP contribution in [0.1, 0.15) is 26.2 Å². The second-order valence-electron chi connectivity index (χ2n) is 6.52. The number of carboxylic acid groups (broad SMARTS) is 1. The molecule has 1 saturated heterocycles. The Morgan fingerprint density at radius 1 is 1.36 bits per heavy atom. The van der Waals surface area contributed by atoms with Crippen molar-refractivity contribution >= 4 is 17.6 Å². The van der Waals surface area contributed by atoms with E-state index >= 15 is 0 Å². The molecular weight excluding hydrogens is 378 g/mol. The van der Waals surface area contributed by atoms with E-state index in [0.717, 1.165) is 7.11 Å². The van der Waals surface area contributed by atoms with Gasteiger partial charge in [0.15, 0.2) is 0 Å². The molecule has 0 radical (unpaired) electrons. The first-order chi connectivity index (χ1) is 13.1. The number of rotatable bonds is 10. The molecule has 1 rings (SSSR count). The van der Waals surface area contributed by atoms with Gasteiger partial charge in [0.25, 0.3) is 5.79 Å². The van der Waals surface area contributed by atoms with Crippen LogP contribution in [0.2, 0.25) is 0 Å². The summed E-state index contributed by atoms with van der Waals surface area (Å²) in [5.41, 5.74) is 3.25. The normalized spacial score (nSPS) is 30.4. The zero-order chi connectivity index (χ0) is 21.5. The van der Waals surface area contributed by atoms with Crippen molar-refractivity contribution in [3.05, 3.63) is 0 Å². The van der Waals surface area contributed by atoms with E-state index in [2.05, 4.69) is 15.8 Å². The number of hydrazone groups is 1. The molecule has 12 nitrogen and oxygen atoms in total.